The topological polar surface area (TPSA) is 63.9 Å². The second-order valence-electron chi connectivity index (χ2n) is 5.87. The summed E-state index contributed by atoms with van der Waals surface area (Å²) in [5.41, 5.74) is 3.01. The van der Waals surface area contributed by atoms with Crippen LogP contribution in [0.4, 0.5) is 10.8 Å². The number of anilines is 2. The molecule has 0 fully saturated rings. The SMILES string of the molecule is CCc1ccc(N(C(C)=O)c2nc(CSc3nnc(C)n3C)cs2)cc1. The fourth-order valence-electron chi connectivity index (χ4n) is 2.42. The van der Waals surface area contributed by atoms with E-state index < -0.39 is 0 Å². The van der Waals surface area contributed by atoms with Gasteiger partial charge in [0.2, 0.25) is 5.91 Å². The van der Waals surface area contributed by atoms with Crippen molar-refractivity contribution in [2.24, 2.45) is 7.05 Å². The van der Waals surface area contributed by atoms with Crippen LogP contribution in [0, 0.1) is 6.92 Å². The highest BCUT2D eigenvalue weighted by molar-refractivity contribution is 7.98. The van der Waals surface area contributed by atoms with Gasteiger partial charge in [-0.3, -0.25) is 9.69 Å². The van der Waals surface area contributed by atoms with E-state index >= 15 is 0 Å². The van der Waals surface area contributed by atoms with Gasteiger partial charge in [-0.05, 0) is 31.0 Å². The summed E-state index contributed by atoms with van der Waals surface area (Å²) in [7, 11) is 1.95. The molecule has 3 rings (SSSR count). The Morgan fingerprint density at radius 1 is 1.27 bits per heavy atom. The molecule has 0 spiro atoms. The Labute approximate surface area is 161 Å². The number of carbonyl (C=O) groups is 1. The molecule has 136 valence electrons. The van der Waals surface area contributed by atoms with E-state index in [1.807, 2.05) is 48.2 Å². The minimum absolute atomic E-state index is 0.0493. The molecular weight excluding hydrogens is 366 g/mol. The fraction of sp³-hybridized carbons (Fsp3) is 0.333. The maximum absolute atomic E-state index is 12.2. The van der Waals surface area contributed by atoms with Crippen molar-refractivity contribution >= 4 is 39.8 Å². The number of aromatic nitrogens is 4. The maximum Gasteiger partial charge on any atom is 0.230 e. The van der Waals surface area contributed by atoms with Crippen LogP contribution in [-0.2, 0) is 24.0 Å². The van der Waals surface area contributed by atoms with Gasteiger partial charge in [0.05, 0.1) is 11.4 Å². The number of thioether (sulfide) groups is 1. The summed E-state index contributed by atoms with van der Waals surface area (Å²) in [4.78, 5) is 18.5. The number of hydrogen-bond donors (Lipinski definition) is 0. The molecule has 0 radical (unpaired) electrons. The minimum Gasteiger partial charge on any atom is -0.309 e. The van der Waals surface area contributed by atoms with Gasteiger partial charge in [-0.25, -0.2) is 4.98 Å². The van der Waals surface area contributed by atoms with Crippen molar-refractivity contribution in [3.05, 3.63) is 46.7 Å². The van der Waals surface area contributed by atoms with Gasteiger partial charge in [0.15, 0.2) is 10.3 Å². The number of rotatable bonds is 6. The first-order valence-corrected chi connectivity index (χ1v) is 10.2. The van der Waals surface area contributed by atoms with E-state index in [9.17, 15) is 4.79 Å². The van der Waals surface area contributed by atoms with Crippen LogP contribution in [0.15, 0.2) is 34.8 Å². The van der Waals surface area contributed by atoms with Crippen molar-refractivity contribution in [2.75, 3.05) is 4.90 Å². The predicted octanol–water partition coefficient (Wildman–Crippen LogP) is 4.12. The average molecular weight is 388 g/mol. The van der Waals surface area contributed by atoms with Gasteiger partial charge in [-0.2, -0.15) is 0 Å². The number of hydrogen-bond acceptors (Lipinski definition) is 6. The quantitative estimate of drug-likeness (QED) is 0.595. The molecule has 1 amide bonds. The molecule has 0 aliphatic carbocycles. The average Bonchev–Trinajstić information content (AvgIpc) is 3.21. The second-order valence-corrected chi connectivity index (χ2v) is 7.65. The molecule has 0 unspecified atom stereocenters. The van der Waals surface area contributed by atoms with Gasteiger partial charge in [-0.1, -0.05) is 30.8 Å². The van der Waals surface area contributed by atoms with Crippen LogP contribution >= 0.6 is 23.1 Å². The van der Waals surface area contributed by atoms with Gasteiger partial charge in [0.25, 0.3) is 0 Å². The van der Waals surface area contributed by atoms with Crippen LogP contribution in [0.3, 0.4) is 0 Å². The number of amides is 1. The molecule has 6 nitrogen and oxygen atoms in total. The van der Waals surface area contributed by atoms with E-state index in [1.54, 1.807) is 23.6 Å². The molecule has 0 atom stereocenters. The van der Waals surface area contributed by atoms with Crippen molar-refractivity contribution in [3.8, 4) is 0 Å². The first-order chi connectivity index (χ1) is 12.5. The summed E-state index contributed by atoms with van der Waals surface area (Å²) in [5.74, 6) is 1.51. The van der Waals surface area contributed by atoms with E-state index in [0.29, 0.717) is 10.9 Å². The van der Waals surface area contributed by atoms with E-state index in [-0.39, 0.29) is 5.91 Å². The molecule has 2 heterocycles. The van der Waals surface area contributed by atoms with Crippen LogP contribution in [0.25, 0.3) is 0 Å². The Balaban J connectivity index is 1.76. The molecule has 8 heteroatoms. The van der Waals surface area contributed by atoms with Crippen LogP contribution in [0.1, 0.15) is 30.9 Å². The lowest BCUT2D eigenvalue weighted by Crippen LogP contribution is -2.22. The normalized spacial score (nSPS) is 10.9. The van der Waals surface area contributed by atoms with Crippen LogP contribution < -0.4 is 4.90 Å². The minimum atomic E-state index is -0.0493. The lowest BCUT2D eigenvalue weighted by atomic mass is 10.1. The zero-order valence-electron chi connectivity index (χ0n) is 15.3. The smallest absolute Gasteiger partial charge is 0.230 e. The van der Waals surface area contributed by atoms with E-state index in [2.05, 4.69) is 22.1 Å². The summed E-state index contributed by atoms with van der Waals surface area (Å²) in [6.45, 7) is 5.60. The third-order valence-electron chi connectivity index (χ3n) is 4.05. The van der Waals surface area contributed by atoms with E-state index in [4.69, 9.17) is 0 Å². The number of benzene rings is 1. The molecule has 0 saturated carbocycles. The summed E-state index contributed by atoms with van der Waals surface area (Å²) >= 11 is 3.06. The van der Waals surface area contributed by atoms with Gasteiger partial charge < -0.3 is 4.57 Å². The molecule has 0 N–H and O–H groups in total. The van der Waals surface area contributed by atoms with Crippen LogP contribution in [-0.4, -0.2) is 25.7 Å². The van der Waals surface area contributed by atoms with Crippen molar-refractivity contribution in [1.82, 2.24) is 19.7 Å². The monoisotopic (exact) mass is 387 g/mol. The van der Waals surface area contributed by atoms with Gasteiger partial charge in [0.1, 0.15) is 5.82 Å². The molecule has 0 aliphatic heterocycles. The Morgan fingerprint density at radius 3 is 2.58 bits per heavy atom. The Bertz CT molecular complexity index is 901. The zero-order valence-corrected chi connectivity index (χ0v) is 16.9. The van der Waals surface area contributed by atoms with E-state index in [1.165, 1.54) is 16.9 Å². The van der Waals surface area contributed by atoms with Gasteiger partial charge in [-0.15, -0.1) is 21.5 Å². The number of aryl methyl sites for hydroxylation is 2. The van der Waals surface area contributed by atoms with Crippen molar-refractivity contribution in [3.63, 3.8) is 0 Å². The largest absolute Gasteiger partial charge is 0.309 e. The standard InChI is InChI=1S/C18H21N5OS2/c1-5-14-6-8-16(9-7-14)23(13(3)24)17-19-15(10-25-17)11-26-18-21-20-12(2)22(18)4/h6-10H,5,11H2,1-4H3. The first kappa shape index (κ1) is 18.6. The molecule has 1 aromatic carbocycles. The second kappa shape index (κ2) is 8.01. The third kappa shape index (κ3) is 3.96. The lowest BCUT2D eigenvalue weighted by molar-refractivity contribution is -0.115. The Hall–Kier alpha value is -2.19. The Morgan fingerprint density at radius 2 is 2.00 bits per heavy atom. The summed E-state index contributed by atoms with van der Waals surface area (Å²) in [6, 6.07) is 8.04. The van der Waals surface area contributed by atoms with Crippen molar-refractivity contribution in [2.45, 2.75) is 38.1 Å². The van der Waals surface area contributed by atoms with Crippen LogP contribution in [0.2, 0.25) is 0 Å². The fourth-order valence-corrected chi connectivity index (χ4v) is 4.27. The summed E-state index contributed by atoms with van der Waals surface area (Å²) in [5, 5.41) is 11.7. The number of carbonyl (C=O) groups excluding carboxylic acids is 1. The van der Waals surface area contributed by atoms with Crippen molar-refractivity contribution < 1.29 is 4.79 Å². The third-order valence-corrected chi connectivity index (χ3v) is 5.98. The molecule has 2 aromatic heterocycles. The molecule has 0 saturated heterocycles. The molecule has 26 heavy (non-hydrogen) atoms. The summed E-state index contributed by atoms with van der Waals surface area (Å²) in [6.07, 6.45) is 0.973. The molecular formula is C18H21N5OS2. The van der Waals surface area contributed by atoms with Crippen molar-refractivity contribution in [1.29, 1.82) is 0 Å². The predicted molar refractivity (Wildman–Crippen MR) is 106 cm³/mol. The zero-order chi connectivity index (χ0) is 18.7. The molecule has 0 aliphatic rings. The van der Waals surface area contributed by atoms with Gasteiger partial charge in [0, 0.05) is 25.1 Å². The first-order valence-electron chi connectivity index (χ1n) is 8.32. The van der Waals surface area contributed by atoms with Gasteiger partial charge >= 0.3 is 0 Å². The highest BCUT2D eigenvalue weighted by Crippen LogP contribution is 2.31. The highest BCUT2D eigenvalue weighted by Gasteiger charge is 2.18. The number of thiazole rings is 1. The lowest BCUT2D eigenvalue weighted by Gasteiger charge is -2.18. The summed E-state index contributed by atoms with van der Waals surface area (Å²) < 4.78 is 1.95. The Kier molecular flexibility index (Phi) is 5.73. The molecule has 0 bridgehead atoms. The maximum atomic E-state index is 12.2. The highest BCUT2D eigenvalue weighted by atomic mass is 32.2. The number of nitrogens with zero attached hydrogens (tertiary/aromatic N) is 5. The van der Waals surface area contributed by atoms with Crippen LogP contribution in [0.5, 0.6) is 0 Å². The molecule has 3 aromatic rings. The van der Waals surface area contributed by atoms with E-state index in [0.717, 1.165) is 28.8 Å².